The second kappa shape index (κ2) is 9.36. The summed E-state index contributed by atoms with van der Waals surface area (Å²) in [5.41, 5.74) is 0.267. The first kappa shape index (κ1) is 19.2. The van der Waals surface area contributed by atoms with Crippen LogP contribution in [0.4, 0.5) is 14.5 Å². The van der Waals surface area contributed by atoms with Crippen LogP contribution >= 0.6 is 0 Å². The number of hydrogen-bond acceptors (Lipinski definition) is 5. The highest BCUT2D eigenvalue weighted by Crippen LogP contribution is 2.25. The minimum atomic E-state index is -3.01. The number of amides is 1. The third kappa shape index (κ3) is 5.44. The van der Waals surface area contributed by atoms with Gasteiger partial charge in [0.05, 0.1) is 12.3 Å². The lowest BCUT2D eigenvalue weighted by molar-refractivity contribution is -0.118. The predicted molar refractivity (Wildman–Crippen MR) is 89.6 cm³/mol. The van der Waals surface area contributed by atoms with Crippen LogP contribution in [0.25, 0.3) is 0 Å². The largest absolute Gasteiger partial charge is 0.483 e. The SMILES string of the molecule is CCOC(=O)c1ccccc1OCC(=O)Nc1ccccc1OC(F)F. The number of alkyl halides is 2. The summed E-state index contributed by atoms with van der Waals surface area (Å²) in [5, 5.41) is 2.42. The summed E-state index contributed by atoms with van der Waals surface area (Å²) in [6.07, 6.45) is 0. The summed E-state index contributed by atoms with van der Waals surface area (Å²) in [5.74, 6) is -1.16. The van der Waals surface area contributed by atoms with Crippen molar-refractivity contribution in [3.8, 4) is 11.5 Å². The molecule has 0 radical (unpaired) electrons. The van der Waals surface area contributed by atoms with Gasteiger partial charge in [0, 0.05) is 0 Å². The number of carbonyl (C=O) groups is 2. The number of halogens is 2. The number of nitrogens with one attached hydrogen (secondary N) is 1. The molecule has 2 aromatic carbocycles. The number of esters is 1. The van der Waals surface area contributed by atoms with Gasteiger partial charge in [0.1, 0.15) is 17.1 Å². The Morgan fingerprint density at radius 1 is 1.04 bits per heavy atom. The fourth-order valence-electron chi connectivity index (χ4n) is 2.07. The van der Waals surface area contributed by atoms with Gasteiger partial charge in [-0.05, 0) is 31.2 Å². The number of anilines is 1. The Kier molecular flexibility index (Phi) is 6.90. The van der Waals surface area contributed by atoms with E-state index in [1.807, 2.05) is 0 Å². The van der Waals surface area contributed by atoms with Crippen LogP contribution in [0.2, 0.25) is 0 Å². The number of ether oxygens (including phenoxy) is 3. The number of hydrogen-bond donors (Lipinski definition) is 1. The maximum absolute atomic E-state index is 12.4. The summed E-state index contributed by atoms with van der Waals surface area (Å²) >= 11 is 0. The number of rotatable bonds is 8. The molecule has 0 atom stereocenters. The van der Waals surface area contributed by atoms with Gasteiger partial charge in [-0.25, -0.2) is 4.79 Å². The highest BCUT2D eigenvalue weighted by Gasteiger charge is 2.15. The molecule has 0 bridgehead atoms. The topological polar surface area (TPSA) is 73.9 Å². The van der Waals surface area contributed by atoms with Gasteiger partial charge in [0.25, 0.3) is 5.91 Å². The van der Waals surface area contributed by atoms with E-state index in [4.69, 9.17) is 9.47 Å². The first-order valence-corrected chi connectivity index (χ1v) is 7.74. The fraction of sp³-hybridized carbons (Fsp3) is 0.222. The molecule has 1 amide bonds. The summed E-state index contributed by atoms with van der Waals surface area (Å²) in [6, 6.07) is 12.1. The van der Waals surface area contributed by atoms with Crippen LogP contribution in [0.5, 0.6) is 11.5 Å². The van der Waals surface area contributed by atoms with Crippen LogP contribution in [0.3, 0.4) is 0 Å². The van der Waals surface area contributed by atoms with Crippen molar-refractivity contribution >= 4 is 17.6 Å². The van der Waals surface area contributed by atoms with Crippen molar-refractivity contribution in [2.24, 2.45) is 0 Å². The van der Waals surface area contributed by atoms with Crippen molar-refractivity contribution in [3.05, 3.63) is 54.1 Å². The minimum Gasteiger partial charge on any atom is -0.483 e. The molecule has 6 nitrogen and oxygen atoms in total. The van der Waals surface area contributed by atoms with E-state index in [1.165, 1.54) is 30.3 Å². The molecule has 8 heteroatoms. The highest BCUT2D eigenvalue weighted by atomic mass is 19.3. The van der Waals surface area contributed by atoms with E-state index in [2.05, 4.69) is 10.1 Å². The van der Waals surface area contributed by atoms with Crippen LogP contribution in [0, 0.1) is 0 Å². The van der Waals surface area contributed by atoms with Gasteiger partial charge in [0.15, 0.2) is 6.61 Å². The lowest BCUT2D eigenvalue weighted by Gasteiger charge is -2.13. The zero-order valence-corrected chi connectivity index (χ0v) is 13.9. The molecule has 26 heavy (non-hydrogen) atoms. The van der Waals surface area contributed by atoms with Crippen molar-refractivity contribution in [1.29, 1.82) is 0 Å². The Hall–Kier alpha value is -3.16. The summed E-state index contributed by atoms with van der Waals surface area (Å²) in [6.45, 7) is -1.57. The molecule has 0 fully saturated rings. The Balaban J connectivity index is 2.01. The molecule has 0 aliphatic rings. The van der Waals surface area contributed by atoms with Crippen molar-refractivity contribution in [3.63, 3.8) is 0 Å². The Bertz CT molecular complexity index is 767. The van der Waals surface area contributed by atoms with E-state index < -0.39 is 25.1 Å². The Morgan fingerprint density at radius 2 is 1.69 bits per heavy atom. The van der Waals surface area contributed by atoms with Gasteiger partial charge in [-0.1, -0.05) is 24.3 Å². The van der Waals surface area contributed by atoms with E-state index in [0.29, 0.717) is 0 Å². The van der Waals surface area contributed by atoms with E-state index in [0.717, 1.165) is 0 Å². The second-order valence-electron chi connectivity index (χ2n) is 4.93. The quantitative estimate of drug-likeness (QED) is 0.725. The van der Waals surface area contributed by atoms with Gasteiger partial charge in [-0.2, -0.15) is 8.78 Å². The second-order valence-corrected chi connectivity index (χ2v) is 4.93. The van der Waals surface area contributed by atoms with Crippen molar-refractivity contribution in [2.45, 2.75) is 13.5 Å². The lowest BCUT2D eigenvalue weighted by Crippen LogP contribution is -2.21. The zero-order chi connectivity index (χ0) is 18.9. The molecule has 0 heterocycles. The van der Waals surface area contributed by atoms with E-state index >= 15 is 0 Å². The molecule has 0 aromatic heterocycles. The van der Waals surface area contributed by atoms with Crippen LogP contribution < -0.4 is 14.8 Å². The van der Waals surface area contributed by atoms with E-state index in [-0.39, 0.29) is 29.4 Å². The molecule has 0 spiro atoms. The van der Waals surface area contributed by atoms with Crippen LogP contribution in [-0.4, -0.2) is 31.7 Å². The summed E-state index contributed by atoms with van der Waals surface area (Å²) in [7, 11) is 0. The molecule has 138 valence electrons. The van der Waals surface area contributed by atoms with Gasteiger partial charge < -0.3 is 19.5 Å². The van der Waals surface area contributed by atoms with Crippen LogP contribution in [0.15, 0.2) is 48.5 Å². The first-order chi connectivity index (χ1) is 12.5. The molecule has 0 saturated carbocycles. The lowest BCUT2D eigenvalue weighted by atomic mass is 10.2. The molecule has 0 unspecified atom stereocenters. The number of benzene rings is 2. The molecule has 2 aromatic rings. The standard InChI is InChI=1S/C18H17F2NO5/c1-2-24-17(23)12-7-3-5-9-14(12)25-11-16(22)21-13-8-4-6-10-15(13)26-18(19)20/h3-10,18H,2,11H2,1H3,(H,21,22). The molecule has 0 aliphatic carbocycles. The maximum Gasteiger partial charge on any atom is 0.387 e. The van der Waals surface area contributed by atoms with Crippen LogP contribution in [0.1, 0.15) is 17.3 Å². The monoisotopic (exact) mass is 365 g/mol. The van der Waals surface area contributed by atoms with Gasteiger partial charge in [-0.15, -0.1) is 0 Å². The van der Waals surface area contributed by atoms with Gasteiger partial charge >= 0.3 is 12.6 Å². The number of para-hydroxylation sites is 3. The fourth-order valence-corrected chi connectivity index (χ4v) is 2.07. The molecule has 1 N–H and O–H groups in total. The molecular formula is C18H17F2NO5. The Morgan fingerprint density at radius 3 is 2.38 bits per heavy atom. The molecule has 0 saturated heterocycles. The number of carbonyl (C=O) groups excluding carboxylic acids is 2. The van der Waals surface area contributed by atoms with Gasteiger partial charge in [-0.3, -0.25) is 4.79 Å². The van der Waals surface area contributed by atoms with Gasteiger partial charge in [0.2, 0.25) is 0 Å². The Labute approximate surface area is 148 Å². The van der Waals surface area contributed by atoms with Crippen molar-refractivity contribution in [1.82, 2.24) is 0 Å². The summed E-state index contributed by atoms with van der Waals surface area (Å²) < 4.78 is 39.4. The predicted octanol–water partition coefficient (Wildman–Crippen LogP) is 3.48. The smallest absolute Gasteiger partial charge is 0.387 e. The third-order valence-electron chi connectivity index (χ3n) is 3.12. The zero-order valence-electron chi connectivity index (χ0n) is 13.9. The van der Waals surface area contributed by atoms with E-state index in [9.17, 15) is 18.4 Å². The molecule has 2 rings (SSSR count). The first-order valence-electron chi connectivity index (χ1n) is 7.74. The average Bonchev–Trinajstić information content (AvgIpc) is 2.61. The third-order valence-corrected chi connectivity index (χ3v) is 3.12. The molecular weight excluding hydrogens is 348 g/mol. The van der Waals surface area contributed by atoms with E-state index in [1.54, 1.807) is 25.1 Å². The average molecular weight is 365 g/mol. The van der Waals surface area contributed by atoms with Crippen molar-refractivity contribution < 1.29 is 32.6 Å². The molecule has 0 aliphatic heterocycles. The highest BCUT2D eigenvalue weighted by molar-refractivity contribution is 5.94. The van der Waals surface area contributed by atoms with Crippen molar-refractivity contribution in [2.75, 3.05) is 18.5 Å². The normalized spacial score (nSPS) is 10.3. The minimum absolute atomic E-state index is 0.0834. The summed E-state index contributed by atoms with van der Waals surface area (Å²) in [4.78, 5) is 23.9. The maximum atomic E-state index is 12.4. The van der Waals surface area contributed by atoms with Crippen LogP contribution in [-0.2, 0) is 9.53 Å².